The van der Waals surface area contributed by atoms with Crippen LogP contribution in [-0.2, 0) is 0 Å². The Balaban J connectivity index is 2.25. The molecular weight excluding hydrogens is 259 g/mol. The fraction of sp³-hybridized carbons (Fsp3) is 0.417. The summed E-state index contributed by atoms with van der Waals surface area (Å²) < 4.78 is 12.4. The van der Waals surface area contributed by atoms with E-state index in [9.17, 15) is 9.18 Å². The Hall–Kier alpha value is -0.700. The van der Waals surface area contributed by atoms with Crippen molar-refractivity contribution in [3.8, 4) is 0 Å². The molecule has 1 unspecified atom stereocenters. The Morgan fingerprint density at radius 1 is 1.27 bits per heavy atom. The minimum Gasteiger partial charge on any atom is -0.294 e. The number of ketones is 1. The number of benzene rings is 1. The van der Waals surface area contributed by atoms with Crippen molar-refractivity contribution in [3.05, 3.63) is 35.9 Å². The van der Waals surface area contributed by atoms with Crippen molar-refractivity contribution in [2.75, 3.05) is 0 Å². The second kappa shape index (κ2) is 6.72. The number of unbranched alkanes of at least 4 members (excludes halogenated alkanes) is 1. The van der Waals surface area contributed by atoms with E-state index in [-0.39, 0.29) is 5.78 Å². The molecule has 0 aliphatic carbocycles. The molecule has 0 fully saturated rings. The van der Waals surface area contributed by atoms with Crippen molar-refractivity contribution < 1.29 is 9.18 Å². The van der Waals surface area contributed by atoms with Crippen LogP contribution in [0.2, 0.25) is 0 Å². The van der Waals surface area contributed by atoms with E-state index in [4.69, 9.17) is 0 Å². The maximum absolute atomic E-state index is 12.4. The van der Waals surface area contributed by atoms with Crippen molar-refractivity contribution in [2.24, 2.45) is 0 Å². The van der Waals surface area contributed by atoms with Gasteiger partial charge in [0.1, 0.15) is 0 Å². The highest BCUT2D eigenvalue weighted by Crippen LogP contribution is 2.13. The van der Waals surface area contributed by atoms with Crippen LogP contribution < -0.4 is 0 Å². The van der Waals surface area contributed by atoms with Crippen LogP contribution in [0.4, 0.5) is 4.39 Å². The molecule has 0 saturated heterocycles. The fourth-order valence-electron chi connectivity index (χ4n) is 1.35. The van der Waals surface area contributed by atoms with E-state index in [0.29, 0.717) is 12.8 Å². The van der Waals surface area contributed by atoms with Crippen LogP contribution in [0.3, 0.4) is 0 Å². The molecule has 3 heteroatoms. The summed E-state index contributed by atoms with van der Waals surface area (Å²) >= 11 is 2.83. The van der Waals surface area contributed by atoms with Gasteiger partial charge in [-0.2, -0.15) is 0 Å². The van der Waals surface area contributed by atoms with E-state index in [1.807, 2.05) is 30.3 Å². The number of halogens is 2. The third kappa shape index (κ3) is 5.07. The van der Waals surface area contributed by atoms with Gasteiger partial charge in [-0.25, -0.2) is 4.39 Å². The molecule has 0 aliphatic heterocycles. The monoisotopic (exact) mass is 272 g/mol. The van der Waals surface area contributed by atoms with E-state index in [1.165, 1.54) is 0 Å². The molecule has 0 amide bonds. The van der Waals surface area contributed by atoms with Gasteiger partial charge in [0.2, 0.25) is 0 Å². The van der Waals surface area contributed by atoms with Gasteiger partial charge in [-0.15, -0.1) is 0 Å². The minimum absolute atomic E-state index is 0.139. The largest absolute Gasteiger partial charge is 0.294 e. The quantitative estimate of drug-likeness (QED) is 0.433. The molecule has 0 aromatic heterocycles. The van der Waals surface area contributed by atoms with Crippen LogP contribution in [0, 0.1) is 0 Å². The summed E-state index contributed by atoms with van der Waals surface area (Å²) in [5, 5.41) is -0.940. The van der Waals surface area contributed by atoms with Gasteiger partial charge < -0.3 is 0 Å². The number of Topliss-reactive ketones (excluding diaryl/α,β-unsaturated/α-hetero) is 1. The molecule has 0 radical (unpaired) electrons. The second-order valence-electron chi connectivity index (χ2n) is 3.43. The van der Waals surface area contributed by atoms with E-state index in [0.717, 1.165) is 18.4 Å². The van der Waals surface area contributed by atoms with Crippen molar-refractivity contribution in [1.82, 2.24) is 0 Å². The zero-order chi connectivity index (χ0) is 11.1. The zero-order valence-electron chi connectivity index (χ0n) is 8.46. The Morgan fingerprint density at radius 3 is 2.53 bits per heavy atom. The highest BCUT2D eigenvalue weighted by Gasteiger charge is 2.05. The molecule has 82 valence electrons. The van der Waals surface area contributed by atoms with Gasteiger partial charge in [-0.05, 0) is 19.3 Å². The first-order valence-corrected chi connectivity index (χ1v) is 5.98. The molecule has 0 spiro atoms. The van der Waals surface area contributed by atoms with Crippen molar-refractivity contribution >= 4 is 21.7 Å². The first kappa shape index (κ1) is 12.4. The highest BCUT2D eigenvalue weighted by atomic mass is 79.9. The zero-order valence-corrected chi connectivity index (χ0v) is 10.0. The van der Waals surface area contributed by atoms with Gasteiger partial charge in [-0.1, -0.05) is 46.3 Å². The highest BCUT2D eigenvalue weighted by molar-refractivity contribution is 9.09. The Labute approximate surface area is 97.8 Å². The first-order valence-electron chi connectivity index (χ1n) is 5.06. The lowest BCUT2D eigenvalue weighted by Gasteiger charge is -2.01. The average Bonchev–Trinajstić information content (AvgIpc) is 2.25. The summed E-state index contributed by atoms with van der Waals surface area (Å²) in [4.78, 5) is 11.6. The predicted molar refractivity (Wildman–Crippen MR) is 63.1 cm³/mol. The van der Waals surface area contributed by atoms with Gasteiger partial charge in [0.25, 0.3) is 0 Å². The van der Waals surface area contributed by atoms with Gasteiger partial charge in [-0.3, -0.25) is 4.79 Å². The summed E-state index contributed by atoms with van der Waals surface area (Å²) in [6.07, 6.45) is 2.47. The summed E-state index contributed by atoms with van der Waals surface area (Å²) in [7, 11) is 0. The number of rotatable bonds is 6. The van der Waals surface area contributed by atoms with Gasteiger partial charge in [0.05, 0.1) is 0 Å². The smallest absolute Gasteiger partial charge is 0.162 e. The first-order chi connectivity index (χ1) is 7.20. The van der Waals surface area contributed by atoms with Crippen molar-refractivity contribution in [2.45, 2.75) is 30.8 Å². The number of hydrogen-bond donors (Lipinski definition) is 0. The van der Waals surface area contributed by atoms with E-state index < -0.39 is 5.08 Å². The van der Waals surface area contributed by atoms with Crippen LogP contribution in [0.25, 0.3) is 0 Å². The molecule has 1 aromatic carbocycles. The standard InChI is InChI=1S/C12H14BrFO/c13-12(14)9-5-4-8-11(15)10-6-2-1-3-7-10/h1-3,6-7,12H,4-5,8-9H2. The fourth-order valence-corrected chi connectivity index (χ4v) is 1.68. The normalized spacial score (nSPS) is 12.4. The van der Waals surface area contributed by atoms with E-state index in [2.05, 4.69) is 15.9 Å². The molecule has 1 nitrogen and oxygen atoms in total. The number of carbonyl (C=O) groups is 1. The summed E-state index contributed by atoms with van der Waals surface area (Å²) in [6.45, 7) is 0. The molecular formula is C12H14BrFO. The summed E-state index contributed by atoms with van der Waals surface area (Å²) in [6, 6.07) is 9.21. The average molecular weight is 273 g/mol. The molecule has 0 saturated carbocycles. The minimum atomic E-state index is -0.940. The maximum atomic E-state index is 12.4. The van der Waals surface area contributed by atoms with Crippen LogP contribution in [-0.4, -0.2) is 10.9 Å². The van der Waals surface area contributed by atoms with Crippen molar-refractivity contribution in [1.29, 1.82) is 0 Å². The molecule has 15 heavy (non-hydrogen) atoms. The molecule has 1 rings (SSSR count). The summed E-state index contributed by atoms with van der Waals surface area (Å²) in [5.74, 6) is 0.139. The van der Waals surface area contributed by atoms with Gasteiger partial charge >= 0.3 is 0 Å². The van der Waals surface area contributed by atoms with Gasteiger partial charge in [0.15, 0.2) is 10.9 Å². The number of alkyl halides is 2. The van der Waals surface area contributed by atoms with Crippen LogP contribution in [0.5, 0.6) is 0 Å². The molecule has 0 bridgehead atoms. The lowest BCUT2D eigenvalue weighted by molar-refractivity contribution is 0.0978. The molecule has 1 atom stereocenters. The third-order valence-electron chi connectivity index (χ3n) is 2.17. The van der Waals surface area contributed by atoms with Crippen LogP contribution >= 0.6 is 15.9 Å². The van der Waals surface area contributed by atoms with Gasteiger partial charge in [0, 0.05) is 12.0 Å². The Kier molecular flexibility index (Phi) is 5.54. The number of carbonyl (C=O) groups excluding carboxylic acids is 1. The van der Waals surface area contributed by atoms with E-state index in [1.54, 1.807) is 0 Å². The Bertz CT molecular complexity index is 298. The Morgan fingerprint density at radius 2 is 1.93 bits per heavy atom. The summed E-state index contributed by atoms with van der Waals surface area (Å²) in [5.41, 5.74) is 0.744. The van der Waals surface area contributed by atoms with Crippen molar-refractivity contribution in [3.63, 3.8) is 0 Å². The second-order valence-corrected chi connectivity index (χ2v) is 4.42. The molecule has 0 heterocycles. The number of hydrogen-bond acceptors (Lipinski definition) is 1. The predicted octanol–water partition coefficient (Wildman–Crippen LogP) is 4.12. The third-order valence-corrected chi connectivity index (χ3v) is 2.63. The molecule has 1 aromatic rings. The molecule has 0 aliphatic rings. The SMILES string of the molecule is O=C(CCCCC(F)Br)c1ccccc1. The van der Waals surface area contributed by atoms with Crippen LogP contribution in [0.1, 0.15) is 36.0 Å². The van der Waals surface area contributed by atoms with Crippen LogP contribution in [0.15, 0.2) is 30.3 Å². The lowest BCUT2D eigenvalue weighted by atomic mass is 10.1. The molecule has 0 N–H and O–H groups in total. The van der Waals surface area contributed by atoms with E-state index >= 15 is 0 Å². The maximum Gasteiger partial charge on any atom is 0.162 e. The lowest BCUT2D eigenvalue weighted by Crippen LogP contribution is -1.99. The topological polar surface area (TPSA) is 17.1 Å².